The van der Waals surface area contributed by atoms with Gasteiger partial charge in [-0.05, 0) is 12.1 Å². The molecule has 1 rings (SSSR count). The number of methoxy groups -OCH3 is 2. The van der Waals surface area contributed by atoms with Gasteiger partial charge >= 0.3 is 27.6 Å². The van der Waals surface area contributed by atoms with Gasteiger partial charge in [-0.25, -0.2) is 9.59 Å². The third kappa shape index (κ3) is 3.88. The molecule has 1 heterocycles. The number of hydrogen-bond donors (Lipinski definition) is 0. The van der Waals surface area contributed by atoms with Gasteiger partial charge in [-0.15, -0.1) is 0 Å². The Morgan fingerprint density at radius 1 is 1.12 bits per heavy atom. The smallest absolute Gasteiger partial charge is 0.465 e. The second-order valence-corrected chi connectivity index (χ2v) is 5.71. The van der Waals surface area contributed by atoms with Crippen molar-refractivity contribution in [1.82, 2.24) is 4.57 Å². The van der Waals surface area contributed by atoms with E-state index in [0.29, 0.717) is 0 Å². The molecule has 0 unspecified atom stereocenters. The SMILES string of the molecule is COC(=O)/C(OS(=O)(=O)C(F)(F)F)=C(\C(=O)OC)c1cccn1C. The summed E-state index contributed by atoms with van der Waals surface area (Å²) in [4.78, 5) is 23.6. The minimum atomic E-state index is -6.22. The van der Waals surface area contributed by atoms with Crippen molar-refractivity contribution in [3.63, 3.8) is 0 Å². The van der Waals surface area contributed by atoms with Gasteiger partial charge in [0.1, 0.15) is 5.57 Å². The number of esters is 2. The van der Waals surface area contributed by atoms with Crippen molar-refractivity contribution in [3.05, 3.63) is 29.8 Å². The van der Waals surface area contributed by atoms with Crippen LogP contribution in [0, 0.1) is 0 Å². The molecule has 1 aromatic heterocycles. The number of carbonyl (C=O) groups excluding carboxylic acids is 2. The molecule has 24 heavy (non-hydrogen) atoms. The molecule has 0 aliphatic heterocycles. The quantitative estimate of drug-likeness (QED) is 0.250. The van der Waals surface area contributed by atoms with Crippen LogP contribution in [0.4, 0.5) is 13.2 Å². The van der Waals surface area contributed by atoms with Crippen LogP contribution in [0.5, 0.6) is 0 Å². The molecular weight excluding hydrogens is 359 g/mol. The number of carbonyl (C=O) groups is 2. The summed E-state index contributed by atoms with van der Waals surface area (Å²) < 4.78 is 73.7. The van der Waals surface area contributed by atoms with Crippen molar-refractivity contribution in [2.75, 3.05) is 14.2 Å². The molecule has 0 fully saturated rings. The predicted molar refractivity (Wildman–Crippen MR) is 72.4 cm³/mol. The molecule has 0 spiro atoms. The Morgan fingerprint density at radius 3 is 2.04 bits per heavy atom. The summed E-state index contributed by atoms with van der Waals surface area (Å²) in [6.07, 6.45) is 1.39. The third-order valence-corrected chi connectivity index (χ3v) is 3.62. The number of nitrogens with zero attached hydrogens (tertiary/aromatic N) is 1. The zero-order valence-electron chi connectivity index (χ0n) is 12.6. The highest BCUT2D eigenvalue weighted by Gasteiger charge is 2.50. The summed E-state index contributed by atoms with van der Waals surface area (Å²) in [7, 11) is -3.17. The standard InChI is InChI=1S/C12H12F3NO7S/c1-16-6-4-5-7(16)8(10(17)21-2)9(11(18)22-3)23-24(19,20)12(13,14)15/h4-6H,1-3H3/b9-8+. The Bertz CT molecular complexity index is 777. The largest absolute Gasteiger partial charge is 0.534 e. The van der Waals surface area contributed by atoms with Crippen molar-refractivity contribution < 1.29 is 44.8 Å². The van der Waals surface area contributed by atoms with E-state index in [9.17, 15) is 31.2 Å². The highest BCUT2D eigenvalue weighted by atomic mass is 32.2. The molecule has 0 N–H and O–H groups in total. The number of alkyl halides is 3. The van der Waals surface area contributed by atoms with Gasteiger partial charge < -0.3 is 18.2 Å². The summed E-state index contributed by atoms with van der Waals surface area (Å²) in [6.45, 7) is 0. The lowest BCUT2D eigenvalue weighted by molar-refractivity contribution is -0.140. The number of hydrogen-bond acceptors (Lipinski definition) is 7. The number of halogens is 3. The number of rotatable bonds is 5. The molecular formula is C12H12F3NO7S. The lowest BCUT2D eigenvalue weighted by Gasteiger charge is -2.15. The summed E-state index contributed by atoms with van der Waals surface area (Å²) in [5.74, 6) is -4.37. The fraction of sp³-hybridized carbons (Fsp3) is 0.333. The predicted octanol–water partition coefficient (Wildman–Crippen LogP) is 0.948. The van der Waals surface area contributed by atoms with E-state index >= 15 is 0 Å². The van der Waals surface area contributed by atoms with Crippen LogP contribution in [0.15, 0.2) is 24.1 Å². The monoisotopic (exact) mass is 371 g/mol. The molecule has 0 radical (unpaired) electrons. The highest BCUT2D eigenvalue weighted by molar-refractivity contribution is 7.87. The first-order chi connectivity index (χ1) is 11.0. The summed E-state index contributed by atoms with van der Waals surface area (Å²) >= 11 is 0. The minimum absolute atomic E-state index is 0.125. The Balaban J connectivity index is 3.70. The van der Waals surface area contributed by atoms with E-state index in [0.717, 1.165) is 14.2 Å². The third-order valence-electron chi connectivity index (χ3n) is 2.66. The molecule has 12 heteroatoms. The minimum Gasteiger partial charge on any atom is -0.465 e. The zero-order chi connectivity index (χ0) is 18.7. The van der Waals surface area contributed by atoms with Gasteiger partial charge in [0.25, 0.3) is 0 Å². The molecule has 0 saturated carbocycles. The summed E-state index contributed by atoms with van der Waals surface area (Å²) in [5, 5.41) is 0. The average molecular weight is 371 g/mol. The molecule has 8 nitrogen and oxygen atoms in total. The lowest BCUT2D eigenvalue weighted by Crippen LogP contribution is -2.28. The first-order valence-electron chi connectivity index (χ1n) is 5.99. The summed E-state index contributed by atoms with van der Waals surface area (Å²) in [5.41, 5.74) is -6.79. The second-order valence-electron chi connectivity index (χ2n) is 4.17. The Morgan fingerprint density at radius 2 is 1.67 bits per heavy atom. The Labute approximate surface area is 134 Å². The molecule has 0 bridgehead atoms. The van der Waals surface area contributed by atoms with Crippen molar-refractivity contribution in [2.45, 2.75) is 5.51 Å². The van der Waals surface area contributed by atoms with Gasteiger partial charge in [-0.1, -0.05) is 0 Å². The number of ether oxygens (including phenoxy) is 2. The van der Waals surface area contributed by atoms with Crippen molar-refractivity contribution in [1.29, 1.82) is 0 Å². The average Bonchev–Trinajstić information content (AvgIpc) is 2.90. The van der Waals surface area contributed by atoms with Crippen LogP contribution in [-0.4, -0.2) is 44.7 Å². The van der Waals surface area contributed by atoms with Gasteiger partial charge in [0, 0.05) is 13.2 Å². The molecule has 0 saturated heterocycles. The zero-order valence-corrected chi connectivity index (χ0v) is 13.4. The van der Waals surface area contributed by atoms with E-state index in [1.54, 1.807) is 0 Å². The van der Waals surface area contributed by atoms with Crippen LogP contribution in [-0.2, 0) is 40.4 Å². The first kappa shape index (κ1) is 19.5. The molecule has 0 aromatic carbocycles. The van der Waals surface area contributed by atoms with Gasteiger partial charge in [0.15, 0.2) is 0 Å². The van der Waals surface area contributed by atoms with Crippen molar-refractivity contribution >= 4 is 27.6 Å². The number of aryl methyl sites for hydroxylation is 1. The maximum atomic E-state index is 12.5. The van der Waals surface area contributed by atoms with Gasteiger partial charge in [0.2, 0.25) is 5.76 Å². The van der Waals surface area contributed by atoms with Crippen LogP contribution < -0.4 is 0 Å². The second kappa shape index (κ2) is 6.95. The fourth-order valence-electron chi connectivity index (χ4n) is 1.56. The van der Waals surface area contributed by atoms with Crippen LogP contribution >= 0.6 is 0 Å². The van der Waals surface area contributed by atoms with Gasteiger partial charge in [-0.3, -0.25) is 0 Å². The van der Waals surface area contributed by atoms with Crippen molar-refractivity contribution in [2.24, 2.45) is 7.05 Å². The maximum Gasteiger partial charge on any atom is 0.534 e. The molecule has 134 valence electrons. The van der Waals surface area contributed by atoms with Crippen LogP contribution in [0.3, 0.4) is 0 Å². The lowest BCUT2D eigenvalue weighted by atomic mass is 10.1. The fourth-order valence-corrected chi connectivity index (χ4v) is 2.03. The number of aromatic nitrogens is 1. The Kier molecular flexibility index (Phi) is 5.66. The molecule has 0 atom stereocenters. The van der Waals surface area contributed by atoms with Gasteiger partial charge in [-0.2, -0.15) is 21.6 Å². The topological polar surface area (TPSA) is 101 Å². The van der Waals surface area contributed by atoms with Crippen LogP contribution in [0.1, 0.15) is 5.69 Å². The van der Waals surface area contributed by atoms with E-state index in [1.807, 2.05) is 0 Å². The van der Waals surface area contributed by atoms with E-state index in [1.165, 1.54) is 29.9 Å². The maximum absolute atomic E-state index is 12.5. The highest BCUT2D eigenvalue weighted by Crippen LogP contribution is 2.30. The van der Waals surface area contributed by atoms with Crippen LogP contribution in [0.2, 0.25) is 0 Å². The van der Waals surface area contributed by atoms with Crippen molar-refractivity contribution in [3.8, 4) is 0 Å². The molecule has 0 aliphatic carbocycles. The first-order valence-corrected chi connectivity index (χ1v) is 7.40. The van der Waals surface area contributed by atoms with Gasteiger partial charge in [0.05, 0.1) is 19.9 Å². The van der Waals surface area contributed by atoms with Crippen LogP contribution in [0.25, 0.3) is 5.57 Å². The molecule has 1 aromatic rings. The molecule has 0 aliphatic rings. The summed E-state index contributed by atoms with van der Waals surface area (Å²) in [6, 6.07) is 2.63. The molecule has 0 amide bonds. The normalized spacial score (nSPS) is 13.1. The van der Waals surface area contributed by atoms with E-state index in [4.69, 9.17) is 0 Å². The van der Waals surface area contributed by atoms with E-state index in [-0.39, 0.29) is 5.69 Å². The Hall–Kier alpha value is -2.50. The van der Waals surface area contributed by atoms with E-state index < -0.39 is 38.9 Å². The van der Waals surface area contributed by atoms with E-state index in [2.05, 4.69) is 13.7 Å².